The van der Waals surface area contributed by atoms with Crippen LogP contribution >= 0.6 is 0 Å². The molecule has 0 unspecified atom stereocenters. The number of hydrogen-bond acceptors (Lipinski definition) is 4. The number of nitro benzene ring substituents is 1. The fourth-order valence-corrected chi connectivity index (χ4v) is 1.94. The number of furan rings is 1. The third kappa shape index (κ3) is 2.51. The van der Waals surface area contributed by atoms with Crippen LogP contribution in [0.1, 0.15) is 19.6 Å². The molecule has 1 aromatic heterocycles. The van der Waals surface area contributed by atoms with Gasteiger partial charge < -0.3 is 4.42 Å². The molecule has 1 heterocycles. The van der Waals surface area contributed by atoms with Crippen LogP contribution in [0.2, 0.25) is 0 Å². The van der Waals surface area contributed by atoms with Gasteiger partial charge in [0.1, 0.15) is 11.3 Å². The molecule has 0 fully saturated rings. The van der Waals surface area contributed by atoms with Gasteiger partial charge in [-0.1, -0.05) is 13.8 Å². The third-order valence-electron chi connectivity index (χ3n) is 3.04. The molecule has 0 bridgehead atoms. The van der Waals surface area contributed by atoms with E-state index in [0.29, 0.717) is 5.58 Å². The number of benzene rings is 1. The Balaban J connectivity index is 2.29. The average molecular weight is 248 g/mol. The summed E-state index contributed by atoms with van der Waals surface area (Å²) in [5.41, 5.74) is 0.792. The molecule has 18 heavy (non-hydrogen) atoms. The molecule has 2 rings (SSSR count). The topological polar surface area (TPSA) is 59.5 Å². The average Bonchev–Trinajstić information content (AvgIpc) is 2.76. The van der Waals surface area contributed by atoms with E-state index in [1.54, 1.807) is 12.1 Å². The number of nitrogens with zero attached hydrogens (tertiary/aromatic N) is 2. The van der Waals surface area contributed by atoms with Gasteiger partial charge in [0.05, 0.1) is 11.5 Å². The van der Waals surface area contributed by atoms with Gasteiger partial charge >= 0.3 is 0 Å². The molecule has 96 valence electrons. The molecule has 0 atom stereocenters. The summed E-state index contributed by atoms with van der Waals surface area (Å²) < 4.78 is 5.67. The highest BCUT2D eigenvalue weighted by atomic mass is 16.6. The van der Waals surface area contributed by atoms with Crippen molar-refractivity contribution in [1.29, 1.82) is 0 Å². The second-order valence-electron chi connectivity index (χ2n) is 4.15. The summed E-state index contributed by atoms with van der Waals surface area (Å²) in [6, 6.07) is 6.54. The molecule has 0 aliphatic rings. The number of fused-ring (bicyclic) bond motifs is 1. The standard InChI is InChI=1S/C13H16N2O3/c1-3-14(4-2)9-12-8-10-7-11(15(16)17)5-6-13(10)18-12/h5-8H,3-4,9H2,1-2H3. The summed E-state index contributed by atoms with van der Waals surface area (Å²) in [4.78, 5) is 12.5. The van der Waals surface area contributed by atoms with Crippen molar-refractivity contribution in [3.63, 3.8) is 0 Å². The van der Waals surface area contributed by atoms with E-state index in [1.165, 1.54) is 6.07 Å². The Kier molecular flexibility index (Phi) is 3.62. The van der Waals surface area contributed by atoms with E-state index in [1.807, 2.05) is 6.07 Å². The summed E-state index contributed by atoms with van der Waals surface area (Å²) in [7, 11) is 0. The van der Waals surface area contributed by atoms with Gasteiger partial charge in [-0.05, 0) is 25.2 Å². The summed E-state index contributed by atoms with van der Waals surface area (Å²) in [5, 5.41) is 11.5. The molecule has 0 radical (unpaired) electrons. The first-order valence-electron chi connectivity index (χ1n) is 6.03. The highest BCUT2D eigenvalue weighted by molar-refractivity contribution is 5.80. The molecule has 0 amide bonds. The molecule has 0 saturated heterocycles. The molecule has 5 heteroatoms. The number of non-ortho nitro benzene ring substituents is 1. The lowest BCUT2D eigenvalue weighted by Gasteiger charge is -2.15. The Labute approximate surface area is 105 Å². The maximum atomic E-state index is 10.7. The Bertz CT molecular complexity index is 558. The molecule has 0 N–H and O–H groups in total. The van der Waals surface area contributed by atoms with Gasteiger partial charge in [0.2, 0.25) is 0 Å². The molecule has 0 saturated carbocycles. The first kappa shape index (κ1) is 12.6. The van der Waals surface area contributed by atoms with Crippen LogP contribution in [0.15, 0.2) is 28.7 Å². The van der Waals surface area contributed by atoms with Crippen molar-refractivity contribution < 1.29 is 9.34 Å². The minimum atomic E-state index is -0.392. The van der Waals surface area contributed by atoms with E-state index < -0.39 is 4.92 Å². The Morgan fingerprint density at radius 1 is 1.28 bits per heavy atom. The van der Waals surface area contributed by atoms with Gasteiger partial charge in [-0.25, -0.2) is 0 Å². The van der Waals surface area contributed by atoms with Gasteiger partial charge in [-0.2, -0.15) is 0 Å². The summed E-state index contributed by atoms with van der Waals surface area (Å²) >= 11 is 0. The fraction of sp³-hybridized carbons (Fsp3) is 0.385. The van der Waals surface area contributed by atoms with Crippen LogP contribution in [0.4, 0.5) is 5.69 Å². The summed E-state index contributed by atoms with van der Waals surface area (Å²) in [6.07, 6.45) is 0. The van der Waals surface area contributed by atoms with Crippen LogP contribution in [0, 0.1) is 10.1 Å². The minimum Gasteiger partial charge on any atom is -0.460 e. The predicted molar refractivity (Wildman–Crippen MR) is 69.5 cm³/mol. The molecule has 0 spiro atoms. The second-order valence-corrected chi connectivity index (χ2v) is 4.15. The monoisotopic (exact) mass is 248 g/mol. The van der Waals surface area contributed by atoms with E-state index in [0.717, 1.165) is 30.8 Å². The van der Waals surface area contributed by atoms with Gasteiger partial charge in [-0.3, -0.25) is 15.0 Å². The van der Waals surface area contributed by atoms with E-state index >= 15 is 0 Å². The van der Waals surface area contributed by atoms with E-state index in [9.17, 15) is 10.1 Å². The van der Waals surface area contributed by atoms with E-state index in [2.05, 4.69) is 18.7 Å². The lowest BCUT2D eigenvalue weighted by Crippen LogP contribution is -2.21. The highest BCUT2D eigenvalue weighted by Crippen LogP contribution is 2.24. The Hall–Kier alpha value is -1.88. The van der Waals surface area contributed by atoms with E-state index in [-0.39, 0.29) is 5.69 Å². The fourth-order valence-electron chi connectivity index (χ4n) is 1.94. The molecular formula is C13H16N2O3. The first-order chi connectivity index (χ1) is 8.63. The Morgan fingerprint density at radius 3 is 2.61 bits per heavy atom. The van der Waals surface area contributed by atoms with Crippen molar-refractivity contribution in [2.75, 3.05) is 13.1 Å². The normalized spacial score (nSPS) is 11.3. The SMILES string of the molecule is CCN(CC)Cc1cc2cc([N+](=O)[O-])ccc2o1. The lowest BCUT2D eigenvalue weighted by molar-refractivity contribution is -0.384. The van der Waals surface area contributed by atoms with Crippen LogP contribution in [-0.2, 0) is 6.54 Å². The number of rotatable bonds is 5. The second kappa shape index (κ2) is 5.18. The maximum Gasteiger partial charge on any atom is 0.270 e. The predicted octanol–water partition coefficient (Wildman–Crippen LogP) is 3.18. The van der Waals surface area contributed by atoms with Crippen LogP contribution in [-0.4, -0.2) is 22.9 Å². The van der Waals surface area contributed by atoms with Crippen LogP contribution in [0.3, 0.4) is 0 Å². The molecule has 0 aliphatic carbocycles. The lowest BCUT2D eigenvalue weighted by atomic mass is 10.2. The number of hydrogen-bond donors (Lipinski definition) is 0. The van der Waals surface area contributed by atoms with Gasteiger partial charge in [0.15, 0.2) is 0 Å². The van der Waals surface area contributed by atoms with Crippen LogP contribution in [0.5, 0.6) is 0 Å². The molecule has 2 aromatic rings. The van der Waals surface area contributed by atoms with E-state index in [4.69, 9.17) is 4.42 Å². The van der Waals surface area contributed by atoms with Crippen molar-refractivity contribution >= 4 is 16.7 Å². The van der Waals surface area contributed by atoms with Crippen molar-refractivity contribution in [2.45, 2.75) is 20.4 Å². The quantitative estimate of drug-likeness (QED) is 0.602. The molecule has 1 aromatic carbocycles. The van der Waals surface area contributed by atoms with Crippen LogP contribution < -0.4 is 0 Å². The maximum absolute atomic E-state index is 10.7. The zero-order valence-corrected chi connectivity index (χ0v) is 10.5. The highest BCUT2D eigenvalue weighted by Gasteiger charge is 2.11. The van der Waals surface area contributed by atoms with Gasteiger partial charge in [0, 0.05) is 17.5 Å². The summed E-state index contributed by atoms with van der Waals surface area (Å²) in [5.74, 6) is 0.842. The molecule has 0 aliphatic heterocycles. The smallest absolute Gasteiger partial charge is 0.270 e. The van der Waals surface area contributed by atoms with Gasteiger partial charge in [-0.15, -0.1) is 0 Å². The molecule has 5 nitrogen and oxygen atoms in total. The molecular weight excluding hydrogens is 232 g/mol. The zero-order chi connectivity index (χ0) is 13.1. The van der Waals surface area contributed by atoms with Crippen molar-refractivity contribution in [3.8, 4) is 0 Å². The van der Waals surface area contributed by atoms with Crippen molar-refractivity contribution in [2.24, 2.45) is 0 Å². The Morgan fingerprint density at radius 2 is 2.00 bits per heavy atom. The summed E-state index contributed by atoms with van der Waals surface area (Å²) in [6.45, 7) is 6.82. The van der Waals surface area contributed by atoms with Gasteiger partial charge in [0.25, 0.3) is 5.69 Å². The van der Waals surface area contributed by atoms with Crippen LogP contribution in [0.25, 0.3) is 11.0 Å². The largest absolute Gasteiger partial charge is 0.460 e. The first-order valence-corrected chi connectivity index (χ1v) is 6.03. The minimum absolute atomic E-state index is 0.0951. The third-order valence-corrected chi connectivity index (χ3v) is 3.04. The number of nitro groups is 1. The van der Waals surface area contributed by atoms with Crippen molar-refractivity contribution in [3.05, 3.63) is 40.1 Å². The zero-order valence-electron chi connectivity index (χ0n) is 10.5. The van der Waals surface area contributed by atoms with Crippen molar-refractivity contribution in [1.82, 2.24) is 4.90 Å².